The molecule has 0 spiro atoms. The van der Waals surface area contributed by atoms with Crippen LogP contribution in [0.1, 0.15) is 37.4 Å². The van der Waals surface area contributed by atoms with Crippen LogP contribution < -0.4 is 10.6 Å². The molecule has 0 heterocycles. The summed E-state index contributed by atoms with van der Waals surface area (Å²) >= 11 is 0. The lowest BCUT2D eigenvalue weighted by atomic mass is 9.67. The molecule has 1 fully saturated rings. The van der Waals surface area contributed by atoms with Gasteiger partial charge in [-0.3, -0.25) is 0 Å². The van der Waals surface area contributed by atoms with Crippen molar-refractivity contribution >= 4 is 6.03 Å². The van der Waals surface area contributed by atoms with Crippen LogP contribution in [0.5, 0.6) is 0 Å². The maximum Gasteiger partial charge on any atom is 0.314 e. The average Bonchev–Trinajstić information content (AvgIpc) is 2.52. The largest absolute Gasteiger partial charge is 0.387 e. The lowest BCUT2D eigenvalue weighted by Gasteiger charge is -2.42. The minimum Gasteiger partial charge on any atom is -0.387 e. The van der Waals surface area contributed by atoms with Crippen molar-refractivity contribution in [2.24, 2.45) is 5.41 Å². The van der Waals surface area contributed by atoms with Crippen molar-refractivity contribution in [3.8, 4) is 0 Å². The summed E-state index contributed by atoms with van der Waals surface area (Å²) in [7, 11) is 1.68. The number of carbonyl (C=O) groups excluding carboxylic acids is 1. The normalized spacial score (nSPS) is 17.2. The summed E-state index contributed by atoms with van der Waals surface area (Å²) in [6.45, 7) is 1.41. The van der Waals surface area contributed by atoms with Gasteiger partial charge in [0, 0.05) is 26.8 Å². The number of aliphatic hydroxyl groups is 1. The van der Waals surface area contributed by atoms with E-state index in [0.717, 1.165) is 19.3 Å². The molecule has 0 aliphatic heterocycles. The summed E-state index contributed by atoms with van der Waals surface area (Å²) in [6.07, 6.45) is 3.50. The van der Waals surface area contributed by atoms with Crippen LogP contribution in [0.15, 0.2) is 24.3 Å². The number of benzene rings is 1. The fourth-order valence-electron chi connectivity index (χ4n) is 2.83. The highest BCUT2D eigenvalue weighted by molar-refractivity contribution is 5.73. The van der Waals surface area contributed by atoms with Crippen molar-refractivity contribution in [2.45, 2.75) is 31.8 Å². The van der Waals surface area contributed by atoms with E-state index in [0.29, 0.717) is 18.7 Å². The molecule has 2 rings (SSSR count). The fourth-order valence-corrected chi connectivity index (χ4v) is 2.83. The summed E-state index contributed by atoms with van der Waals surface area (Å²) in [5.41, 5.74) is 0.727. The Morgan fingerprint density at radius 1 is 1.35 bits per heavy atom. The van der Waals surface area contributed by atoms with Gasteiger partial charge in [0.15, 0.2) is 0 Å². The molecule has 0 saturated heterocycles. The standard InChI is InChI=1S/C17H25FN2O3/c1-23-10-9-17(7-2-8-17)12-20-16(22)19-11-15(21)13-3-5-14(18)6-4-13/h3-6,15,21H,2,7-12H2,1H3,(H2,19,20,22). The van der Waals surface area contributed by atoms with Crippen LogP contribution in [-0.4, -0.2) is 37.9 Å². The zero-order valence-electron chi connectivity index (χ0n) is 13.5. The van der Waals surface area contributed by atoms with Gasteiger partial charge in [-0.2, -0.15) is 0 Å². The molecule has 0 bridgehead atoms. The lowest BCUT2D eigenvalue weighted by molar-refractivity contribution is 0.0710. The van der Waals surface area contributed by atoms with Gasteiger partial charge >= 0.3 is 6.03 Å². The SMILES string of the molecule is COCCC1(CNC(=O)NCC(O)c2ccc(F)cc2)CCC1. The van der Waals surface area contributed by atoms with Crippen LogP contribution in [0.25, 0.3) is 0 Å². The van der Waals surface area contributed by atoms with E-state index in [1.54, 1.807) is 7.11 Å². The van der Waals surface area contributed by atoms with Crippen molar-refractivity contribution in [1.29, 1.82) is 0 Å². The Kier molecular flexibility index (Phi) is 6.36. The molecule has 5 nitrogen and oxygen atoms in total. The smallest absolute Gasteiger partial charge is 0.314 e. The monoisotopic (exact) mass is 324 g/mol. The van der Waals surface area contributed by atoms with Gasteiger partial charge in [-0.05, 0) is 42.4 Å². The Morgan fingerprint density at radius 3 is 2.61 bits per heavy atom. The highest BCUT2D eigenvalue weighted by Crippen LogP contribution is 2.43. The van der Waals surface area contributed by atoms with Crippen LogP contribution in [0.2, 0.25) is 0 Å². The van der Waals surface area contributed by atoms with Gasteiger partial charge in [-0.15, -0.1) is 0 Å². The zero-order valence-corrected chi connectivity index (χ0v) is 13.5. The molecule has 1 atom stereocenters. The first-order valence-electron chi connectivity index (χ1n) is 7.99. The van der Waals surface area contributed by atoms with Gasteiger partial charge in [0.2, 0.25) is 0 Å². The topological polar surface area (TPSA) is 70.6 Å². The number of amides is 2. The van der Waals surface area contributed by atoms with Gasteiger partial charge in [-0.1, -0.05) is 18.6 Å². The summed E-state index contributed by atoms with van der Waals surface area (Å²) < 4.78 is 18.0. The van der Waals surface area contributed by atoms with Gasteiger partial charge in [0.25, 0.3) is 0 Å². The number of hydrogen-bond donors (Lipinski definition) is 3. The third-order valence-corrected chi connectivity index (χ3v) is 4.59. The number of carbonyl (C=O) groups is 1. The Balaban J connectivity index is 1.71. The van der Waals surface area contributed by atoms with Crippen LogP contribution in [-0.2, 0) is 4.74 Å². The van der Waals surface area contributed by atoms with E-state index in [-0.39, 0.29) is 23.8 Å². The minimum atomic E-state index is -0.854. The first-order chi connectivity index (χ1) is 11.0. The maximum absolute atomic E-state index is 12.8. The van der Waals surface area contributed by atoms with E-state index in [1.165, 1.54) is 30.7 Å². The van der Waals surface area contributed by atoms with Crippen molar-refractivity contribution < 1.29 is 19.0 Å². The number of hydrogen-bond acceptors (Lipinski definition) is 3. The Hall–Kier alpha value is -1.66. The summed E-state index contributed by atoms with van der Waals surface area (Å²) in [5, 5.41) is 15.5. The summed E-state index contributed by atoms with van der Waals surface area (Å²) in [5.74, 6) is -0.353. The summed E-state index contributed by atoms with van der Waals surface area (Å²) in [6, 6.07) is 5.29. The van der Waals surface area contributed by atoms with Crippen molar-refractivity contribution in [2.75, 3.05) is 26.8 Å². The molecule has 1 aliphatic rings. The van der Waals surface area contributed by atoms with Gasteiger partial charge < -0.3 is 20.5 Å². The Morgan fingerprint density at radius 2 is 2.04 bits per heavy atom. The van der Waals surface area contributed by atoms with Crippen molar-refractivity contribution in [1.82, 2.24) is 10.6 Å². The molecule has 128 valence electrons. The second kappa shape index (κ2) is 8.26. The predicted molar refractivity (Wildman–Crippen MR) is 85.5 cm³/mol. The second-order valence-electron chi connectivity index (χ2n) is 6.23. The molecule has 23 heavy (non-hydrogen) atoms. The van der Waals surface area contributed by atoms with E-state index in [9.17, 15) is 14.3 Å². The first-order valence-corrected chi connectivity index (χ1v) is 7.99. The van der Waals surface area contributed by atoms with E-state index >= 15 is 0 Å². The van der Waals surface area contributed by atoms with Crippen molar-refractivity contribution in [3.63, 3.8) is 0 Å². The molecular weight excluding hydrogens is 299 g/mol. The van der Waals surface area contributed by atoms with E-state index in [4.69, 9.17) is 4.74 Å². The van der Waals surface area contributed by atoms with Crippen LogP contribution in [0, 0.1) is 11.2 Å². The molecule has 2 amide bonds. The minimum absolute atomic E-state index is 0.0859. The number of methoxy groups -OCH3 is 1. The third-order valence-electron chi connectivity index (χ3n) is 4.59. The number of urea groups is 1. The van der Waals surface area contributed by atoms with Crippen LogP contribution in [0.4, 0.5) is 9.18 Å². The molecule has 0 aromatic heterocycles. The molecule has 3 N–H and O–H groups in total. The number of nitrogens with one attached hydrogen (secondary N) is 2. The number of aliphatic hydroxyl groups excluding tert-OH is 1. The lowest BCUT2D eigenvalue weighted by Crippen LogP contribution is -2.46. The molecule has 1 saturated carbocycles. The maximum atomic E-state index is 12.8. The molecule has 1 aliphatic carbocycles. The molecular formula is C17H25FN2O3. The van der Waals surface area contributed by atoms with E-state index in [1.807, 2.05) is 0 Å². The fraction of sp³-hybridized carbons (Fsp3) is 0.588. The highest BCUT2D eigenvalue weighted by atomic mass is 19.1. The van der Waals surface area contributed by atoms with Gasteiger partial charge in [-0.25, -0.2) is 9.18 Å². The predicted octanol–water partition coefficient (Wildman–Crippen LogP) is 2.37. The third kappa shape index (κ3) is 5.18. The molecule has 0 radical (unpaired) electrons. The number of rotatable bonds is 8. The Labute approximate surface area is 136 Å². The summed E-state index contributed by atoms with van der Waals surface area (Å²) in [4.78, 5) is 11.9. The Bertz CT molecular complexity index is 503. The van der Waals surface area contributed by atoms with E-state index in [2.05, 4.69) is 10.6 Å². The van der Waals surface area contributed by atoms with Crippen molar-refractivity contribution in [3.05, 3.63) is 35.6 Å². The molecule has 1 aromatic rings. The average molecular weight is 324 g/mol. The number of halogens is 1. The molecule has 6 heteroatoms. The van der Waals surface area contributed by atoms with Gasteiger partial charge in [0.05, 0.1) is 6.10 Å². The van der Waals surface area contributed by atoms with Crippen LogP contribution in [0.3, 0.4) is 0 Å². The van der Waals surface area contributed by atoms with E-state index < -0.39 is 6.10 Å². The van der Waals surface area contributed by atoms with Crippen LogP contribution >= 0.6 is 0 Å². The highest BCUT2D eigenvalue weighted by Gasteiger charge is 2.36. The quantitative estimate of drug-likeness (QED) is 0.687. The molecule has 1 aromatic carbocycles. The molecule has 1 unspecified atom stereocenters. The zero-order chi connectivity index (χ0) is 16.7. The van der Waals surface area contributed by atoms with Gasteiger partial charge in [0.1, 0.15) is 5.82 Å². The number of ether oxygens (including phenoxy) is 1. The first kappa shape index (κ1) is 17.7. The second-order valence-corrected chi connectivity index (χ2v) is 6.23.